The zero-order valence-electron chi connectivity index (χ0n) is 33.4. The number of carboxylic acids is 2. The van der Waals surface area contributed by atoms with E-state index in [1.165, 1.54) is 48.5 Å². The fourth-order valence-electron chi connectivity index (χ4n) is 7.21. The molecule has 1 heterocycles. The van der Waals surface area contributed by atoms with E-state index in [1.807, 2.05) is 37.3 Å². The van der Waals surface area contributed by atoms with Gasteiger partial charge in [0, 0.05) is 6.04 Å². The average molecular weight is 817 g/mol. The molecule has 2 unspecified atom stereocenters. The normalized spacial score (nSPS) is 18.9. The van der Waals surface area contributed by atoms with Crippen LogP contribution >= 0.6 is 0 Å². The highest BCUT2D eigenvalue weighted by Gasteiger charge is 2.49. The molecule has 1 amide bonds. The maximum absolute atomic E-state index is 13.6. The van der Waals surface area contributed by atoms with Gasteiger partial charge in [-0.25, -0.2) is 24.0 Å². The lowest BCUT2D eigenvalue weighted by Crippen LogP contribution is -2.55. The summed E-state index contributed by atoms with van der Waals surface area (Å²) in [6, 6.07) is 22.7. The molecule has 15 nitrogen and oxygen atoms in total. The molecule has 1 aliphatic carbocycles. The summed E-state index contributed by atoms with van der Waals surface area (Å²) in [5, 5.41) is 21.7. The number of hydrogen-bond donors (Lipinski definition) is 3. The first-order valence-electron chi connectivity index (χ1n) is 19.8. The van der Waals surface area contributed by atoms with Gasteiger partial charge >= 0.3 is 35.8 Å². The van der Waals surface area contributed by atoms with E-state index in [4.69, 9.17) is 18.9 Å². The molecule has 0 bridgehead atoms. The van der Waals surface area contributed by atoms with Gasteiger partial charge < -0.3 is 34.1 Å². The number of carboxylic acid groups (broad SMARTS) is 2. The first-order valence-corrected chi connectivity index (χ1v) is 19.8. The van der Waals surface area contributed by atoms with E-state index in [0.717, 1.165) is 37.7 Å². The topological polar surface area (TPSA) is 212 Å². The molecular weight excluding hydrogens is 764 g/mol. The Morgan fingerprint density at radius 2 is 1.24 bits per heavy atom. The number of ether oxygens (including phenoxy) is 4. The van der Waals surface area contributed by atoms with Crippen LogP contribution < -0.4 is 5.32 Å². The van der Waals surface area contributed by atoms with Crippen molar-refractivity contribution in [2.45, 2.75) is 109 Å². The van der Waals surface area contributed by atoms with E-state index in [-0.39, 0.29) is 41.6 Å². The lowest BCUT2D eigenvalue weighted by Gasteiger charge is -2.35. The molecule has 5 rings (SSSR count). The Hall–Kier alpha value is -6.09. The summed E-state index contributed by atoms with van der Waals surface area (Å²) in [5.41, 5.74) is 0.973. The number of carbonyl (C=O) groups excluding carboxylic acids is 5. The Morgan fingerprint density at radius 3 is 1.73 bits per heavy atom. The predicted octanol–water partition coefficient (Wildman–Crippen LogP) is 5.21. The van der Waals surface area contributed by atoms with Gasteiger partial charge in [0.15, 0.2) is 0 Å². The van der Waals surface area contributed by atoms with Gasteiger partial charge in [-0.2, -0.15) is 0 Å². The second kappa shape index (κ2) is 22.7. The summed E-state index contributed by atoms with van der Waals surface area (Å²) < 4.78 is 20.3. The lowest BCUT2D eigenvalue weighted by atomic mass is 9.84. The molecule has 2 fully saturated rings. The van der Waals surface area contributed by atoms with Crippen molar-refractivity contribution in [3.8, 4) is 0 Å². The summed E-state index contributed by atoms with van der Waals surface area (Å²) >= 11 is 0. The number of nitrogens with zero attached hydrogens (tertiary/aromatic N) is 1. The molecule has 3 aromatic rings. The van der Waals surface area contributed by atoms with Gasteiger partial charge in [-0.05, 0) is 75.3 Å². The molecule has 3 N–H and O–H groups in total. The molecule has 7 atom stereocenters. The zero-order chi connectivity index (χ0) is 42.9. The van der Waals surface area contributed by atoms with Crippen molar-refractivity contribution in [1.29, 1.82) is 0 Å². The first kappa shape index (κ1) is 45.6. The van der Waals surface area contributed by atoms with Crippen LogP contribution in [0.2, 0.25) is 0 Å². The first-order chi connectivity index (χ1) is 28.4. The van der Waals surface area contributed by atoms with Crippen LogP contribution in [0.15, 0.2) is 91.0 Å². The van der Waals surface area contributed by atoms with E-state index in [2.05, 4.69) is 5.32 Å². The van der Waals surface area contributed by atoms with E-state index in [1.54, 1.807) is 30.9 Å². The van der Waals surface area contributed by atoms with Crippen LogP contribution in [0.5, 0.6) is 0 Å². The molecule has 1 saturated carbocycles. The van der Waals surface area contributed by atoms with Crippen molar-refractivity contribution in [2.75, 3.05) is 6.61 Å². The second-order valence-electron chi connectivity index (χ2n) is 14.2. The third kappa shape index (κ3) is 13.0. The molecule has 0 spiro atoms. The summed E-state index contributed by atoms with van der Waals surface area (Å²) in [5.74, 6) is -6.14. The molecule has 0 aromatic heterocycles. The minimum atomic E-state index is -2.21. The fraction of sp³-hybridized carbons (Fsp3) is 0.432. The standard InChI is InChI=1S/C26H38N2O5.C18H14O8/c1-4-11-21(25(30)32-5-2)27-18(3)24(29)28-22-15-10-9-14-20(22)16-23(28)26(31)33-17-19-12-7-6-8-13-19;19-15(20)13(25-17(23)11-7-3-1-4-8-11)14(16(21)22)26-18(24)12-9-5-2-6-10-12/h6-8,12-13,18,20-23,27H,4-5,9-11,14-17H2,1-3H3;1-10,13-14H,(H,19,20)(H,21,22)/t18-,20-,21-,22-,23-;/m0./s1. The Balaban J connectivity index is 0.000000268. The number of benzene rings is 3. The highest BCUT2D eigenvalue weighted by Crippen LogP contribution is 2.40. The van der Waals surface area contributed by atoms with E-state index < -0.39 is 54.2 Å². The molecule has 3 aromatic carbocycles. The smallest absolute Gasteiger partial charge is 0.349 e. The Kier molecular flexibility index (Phi) is 17.6. The van der Waals surface area contributed by atoms with Gasteiger partial charge in [-0.3, -0.25) is 14.9 Å². The van der Waals surface area contributed by atoms with Crippen molar-refractivity contribution >= 4 is 41.7 Å². The van der Waals surface area contributed by atoms with Gasteiger partial charge in [0.25, 0.3) is 0 Å². The van der Waals surface area contributed by atoms with Crippen LogP contribution in [0.3, 0.4) is 0 Å². The minimum Gasteiger partial charge on any atom is -0.478 e. The Bertz CT molecular complexity index is 1810. The van der Waals surface area contributed by atoms with Crippen molar-refractivity contribution in [1.82, 2.24) is 10.2 Å². The number of amides is 1. The summed E-state index contributed by atoms with van der Waals surface area (Å²) in [6.07, 6.45) is 1.71. The van der Waals surface area contributed by atoms with Gasteiger partial charge in [-0.15, -0.1) is 0 Å². The minimum absolute atomic E-state index is 0.0253. The third-order valence-corrected chi connectivity index (χ3v) is 10.1. The van der Waals surface area contributed by atoms with Crippen LogP contribution in [0.25, 0.3) is 0 Å². The van der Waals surface area contributed by atoms with E-state index in [9.17, 15) is 43.8 Å². The number of carbonyl (C=O) groups is 7. The van der Waals surface area contributed by atoms with Gasteiger partial charge in [0.2, 0.25) is 18.1 Å². The van der Waals surface area contributed by atoms with Crippen LogP contribution in [0, 0.1) is 5.92 Å². The highest BCUT2D eigenvalue weighted by atomic mass is 16.6. The second-order valence-corrected chi connectivity index (χ2v) is 14.2. The molecule has 59 heavy (non-hydrogen) atoms. The van der Waals surface area contributed by atoms with Crippen molar-refractivity contribution in [2.24, 2.45) is 5.92 Å². The lowest BCUT2D eigenvalue weighted by molar-refractivity contribution is -0.166. The Morgan fingerprint density at radius 1 is 0.729 bits per heavy atom. The molecule has 1 aliphatic heterocycles. The molecule has 2 aliphatic rings. The number of hydrogen-bond acceptors (Lipinski definition) is 12. The number of nitrogens with one attached hydrogen (secondary N) is 1. The summed E-state index contributed by atoms with van der Waals surface area (Å²) in [7, 11) is 0. The molecule has 1 saturated heterocycles. The van der Waals surface area contributed by atoms with Crippen molar-refractivity contribution in [3.05, 3.63) is 108 Å². The van der Waals surface area contributed by atoms with Crippen molar-refractivity contribution < 1.29 is 62.7 Å². The molecule has 15 heteroatoms. The number of aliphatic carboxylic acids is 2. The molecule has 0 radical (unpaired) electrons. The third-order valence-electron chi connectivity index (χ3n) is 10.1. The van der Waals surface area contributed by atoms with Crippen LogP contribution in [-0.4, -0.2) is 99.8 Å². The molecular formula is C44H52N2O13. The van der Waals surface area contributed by atoms with Gasteiger partial charge in [-0.1, -0.05) is 92.9 Å². The van der Waals surface area contributed by atoms with Crippen LogP contribution in [0.1, 0.15) is 92.0 Å². The Labute approximate surface area is 343 Å². The number of esters is 4. The highest BCUT2D eigenvalue weighted by molar-refractivity contribution is 5.95. The number of rotatable bonds is 17. The number of likely N-dealkylation sites (tertiary alicyclic amines) is 1. The fourth-order valence-corrected chi connectivity index (χ4v) is 7.21. The van der Waals surface area contributed by atoms with Crippen LogP contribution in [0.4, 0.5) is 0 Å². The average Bonchev–Trinajstić information content (AvgIpc) is 3.64. The van der Waals surface area contributed by atoms with Gasteiger partial charge in [0.05, 0.1) is 23.8 Å². The quantitative estimate of drug-likeness (QED) is 0.118. The van der Waals surface area contributed by atoms with Crippen LogP contribution in [-0.2, 0) is 49.5 Å². The summed E-state index contributed by atoms with van der Waals surface area (Å²) in [4.78, 5) is 87.7. The van der Waals surface area contributed by atoms with E-state index in [0.29, 0.717) is 25.4 Å². The monoisotopic (exact) mass is 816 g/mol. The molecule has 316 valence electrons. The maximum Gasteiger partial charge on any atom is 0.349 e. The number of fused-ring (bicyclic) bond motifs is 1. The predicted molar refractivity (Wildman–Crippen MR) is 212 cm³/mol. The maximum atomic E-state index is 13.6. The van der Waals surface area contributed by atoms with Crippen molar-refractivity contribution in [3.63, 3.8) is 0 Å². The van der Waals surface area contributed by atoms with Gasteiger partial charge in [0.1, 0.15) is 18.7 Å². The SMILES string of the molecule is CCC[C@H](N[C@@H](C)C(=O)N1[C@H](C(=O)OCc2ccccc2)C[C@@H]2CCCC[C@@H]21)C(=O)OCC.O=C(OC(C(=O)O)C(OC(=O)c1ccccc1)C(=O)O)c1ccccc1. The zero-order valence-corrected chi connectivity index (χ0v) is 33.4. The van der Waals surface area contributed by atoms with E-state index >= 15 is 0 Å². The summed E-state index contributed by atoms with van der Waals surface area (Å²) in [6.45, 7) is 6.03. The largest absolute Gasteiger partial charge is 0.478 e.